The fourth-order valence-corrected chi connectivity index (χ4v) is 2.87. The van der Waals surface area contributed by atoms with Crippen molar-refractivity contribution >= 4 is 5.91 Å². The van der Waals surface area contributed by atoms with Gasteiger partial charge in [-0.1, -0.05) is 6.07 Å². The predicted octanol–water partition coefficient (Wildman–Crippen LogP) is 2.09. The zero-order valence-corrected chi connectivity index (χ0v) is 11.4. The second-order valence-corrected chi connectivity index (χ2v) is 5.45. The second kappa shape index (κ2) is 6.79. The highest BCUT2D eigenvalue weighted by molar-refractivity contribution is 5.75. The van der Waals surface area contributed by atoms with Crippen molar-refractivity contribution in [3.05, 3.63) is 35.4 Å². The first kappa shape index (κ1) is 14.9. The number of primary amides is 1. The van der Waals surface area contributed by atoms with Crippen LogP contribution in [-0.4, -0.2) is 30.4 Å². The van der Waals surface area contributed by atoms with Gasteiger partial charge >= 0.3 is 0 Å². The fraction of sp³-hybridized carbons (Fsp3) is 0.533. The lowest BCUT2D eigenvalue weighted by atomic mass is 9.91. The SMILES string of the molecule is NC(=O)CN1CCCC(CCc2c(F)cccc2F)C1. The lowest BCUT2D eigenvalue weighted by molar-refractivity contribution is -0.119. The zero-order valence-electron chi connectivity index (χ0n) is 11.4. The van der Waals surface area contributed by atoms with Crippen LogP contribution in [0, 0.1) is 17.6 Å². The second-order valence-electron chi connectivity index (χ2n) is 5.45. The van der Waals surface area contributed by atoms with E-state index in [0.29, 0.717) is 12.3 Å². The Labute approximate surface area is 117 Å². The molecular formula is C15H20F2N2O. The minimum Gasteiger partial charge on any atom is -0.369 e. The molecule has 1 fully saturated rings. The topological polar surface area (TPSA) is 46.3 Å². The van der Waals surface area contributed by atoms with Gasteiger partial charge in [-0.25, -0.2) is 8.78 Å². The van der Waals surface area contributed by atoms with Crippen LogP contribution in [0.1, 0.15) is 24.8 Å². The van der Waals surface area contributed by atoms with Crippen molar-refractivity contribution in [3.63, 3.8) is 0 Å². The number of nitrogens with zero attached hydrogens (tertiary/aromatic N) is 1. The number of hydrogen-bond acceptors (Lipinski definition) is 2. The zero-order chi connectivity index (χ0) is 14.5. The van der Waals surface area contributed by atoms with E-state index in [0.717, 1.165) is 32.4 Å². The Bertz CT molecular complexity index is 459. The molecule has 1 atom stereocenters. The molecular weight excluding hydrogens is 262 g/mol. The summed E-state index contributed by atoms with van der Waals surface area (Å²) < 4.78 is 27.1. The Morgan fingerprint density at radius 3 is 2.70 bits per heavy atom. The Balaban J connectivity index is 1.89. The number of benzene rings is 1. The first-order valence-corrected chi connectivity index (χ1v) is 7.00. The molecule has 1 aliphatic heterocycles. The summed E-state index contributed by atoms with van der Waals surface area (Å²) in [5.41, 5.74) is 5.36. The molecule has 1 aromatic rings. The van der Waals surface area contributed by atoms with E-state index in [1.807, 2.05) is 4.90 Å². The normalized spacial score (nSPS) is 20.0. The number of piperidine rings is 1. The average molecular weight is 282 g/mol. The molecule has 1 amide bonds. The highest BCUT2D eigenvalue weighted by Gasteiger charge is 2.21. The van der Waals surface area contributed by atoms with Crippen LogP contribution in [0.5, 0.6) is 0 Å². The standard InChI is InChI=1S/C15H20F2N2O/c16-13-4-1-5-14(17)12(13)7-6-11-3-2-8-19(9-11)10-15(18)20/h1,4-5,11H,2-3,6-10H2,(H2,18,20). The molecule has 1 saturated heterocycles. The van der Waals surface area contributed by atoms with Gasteiger partial charge in [-0.2, -0.15) is 0 Å². The Hall–Kier alpha value is -1.49. The van der Waals surface area contributed by atoms with Crippen molar-refractivity contribution in [1.29, 1.82) is 0 Å². The Morgan fingerprint density at radius 2 is 2.05 bits per heavy atom. The molecule has 0 spiro atoms. The monoisotopic (exact) mass is 282 g/mol. The van der Waals surface area contributed by atoms with Crippen molar-refractivity contribution in [3.8, 4) is 0 Å². The van der Waals surface area contributed by atoms with E-state index in [-0.39, 0.29) is 18.0 Å². The van der Waals surface area contributed by atoms with E-state index < -0.39 is 11.6 Å². The van der Waals surface area contributed by atoms with Gasteiger partial charge in [0.25, 0.3) is 0 Å². The smallest absolute Gasteiger partial charge is 0.231 e. The van der Waals surface area contributed by atoms with Crippen molar-refractivity contribution in [2.24, 2.45) is 11.7 Å². The van der Waals surface area contributed by atoms with Gasteiger partial charge in [-0.05, 0) is 50.3 Å². The largest absolute Gasteiger partial charge is 0.369 e. The molecule has 3 nitrogen and oxygen atoms in total. The van der Waals surface area contributed by atoms with Crippen LogP contribution in [0.2, 0.25) is 0 Å². The van der Waals surface area contributed by atoms with Gasteiger partial charge in [0.05, 0.1) is 6.54 Å². The minimum atomic E-state index is -0.477. The third-order valence-corrected chi connectivity index (χ3v) is 3.85. The van der Waals surface area contributed by atoms with E-state index >= 15 is 0 Å². The summed E-state index contributed by atoms with van der Waals surface area (Å²) in [7, 11) is 0. The maximum atomic E-state index is 13.5. The molecule has 0 bridgehead atoms. The molecule has 5 heteroatoms. The number of hydrogen-bond donors (Lipinski definition) is 1. The van der Waals surface area contributed by atoms with Gasteiger partial charge in [-0.15, -0.1) is 0 Å². The molecule has 0 aliphatic carbocycles. The summed E-state index contributed by atoms with van der Waals surface area (Å²) >= 11 is 0. The number of nitrogens with two attached hydrogens (primary N) is 1. The van der Waals surface area contributed by atoms with Crippen LogP contribution >= 0.6 is 0 Å². The quantitative estimate of drug-likeness (QED) is 0.899. The van der Waals surface area contributed by atoms with E-state index in [2.05, 4.69) is 0 Å². The molecule has 0 aromatic heterocycles. The lowest BCUT2D eigenvalue weighted by Crippen LogP contribution is -2.40. The number of rotatable bonds is 5. The third-order valence-electron chi connectivity index (χ3n) is 3.85. The molecule has 2 N–H and O–H groups in total. The van der Waals surface area contributed by atoms with Crippen molar-refractivity contribution < 1.29 is 13.6 Å². The van der Waals surface area contributed by atoms with Crippen molar-refractivity contribution in [2.75, 3.05) is 19.6 Å². The molecule has 110 valence electrons. The molecule has 1 unspecified atom stereocenters. The first-order chi connectivity index (χ1) is 9.56. The molecule has 1 heterocycles. The van der Waals surface area contributed by atoms with Crippen LogP contribution in [0.3, 0.4) is 0 Å². The number of carbonyl (C=O) groups is 1. The summed E-state index contributed by atoms with van der Waals surface area (Å²) in [5.74, 6) is -0.919. The van der Waals surface area contributed by atoms with Crippen molar-refractivity contribution in [1.82, 2.24) is 4.90 Å². The molecule has 0 saturated carbocycles. The molecule has 1 aliphatic rings. The van der Waals surface area contributed by atoms with E-state index in [4.69, 9.17) is 5.73 Å². The maximum Gasteiger partial charge on any atom is 0.231 e. The highest BCUT2D eigenvalue weighted by atomic mass is 19.1. The van der Waals surface area contributed by atoms with Crippen molar-refractivity contribution in [2.45, 2.75) is 25.7 Å². The van der Waals surface area contributed by atoms with Crippen LogP contribution in [-0.2, 0) is 11.2 Å². The van der Waals surface area contributed by atoms with E-state index in [1.165, 1.54) is 18.2 Å². The van der Waals surface area contributed by atoms with Gasteiger partial charge in [0, 0.05) is 12.1 Å². The molecule has 20 heavy (non-hydrogen) atoms. The summed E-state index contributed by atoms with van der Waals surface area (Å²) in [5, 5.41) is 0. The van der Waals surface area contributed by atoms with Gasteiger partial charge < -0.3 is 5.73 Å². The van der Waals surface area contributed by atoms with E-state index in [9.17, 15) is 13.6 Å². The summed E-state index contributed by atoms with van der Waals surface area (Å²) in [6.07, 6.45) is 3.16. The maximum absolute atomic E-state index is 13.5. The first-order valence-electron chi connectivity index (χ1n) is 7.00. The molecule has 2 rings (SSSR count). The number of carbonyl (C=O) groups excluding carboxylic acids is 1. The Kier molecular flexibility index (Phi) is 5.06. The van der Waals surface area contributed by atoms with Gasteiger partial charge in [0.15, 0.2) is 0 Å². The van der Waals surface area contributed by atoms with Gasteiger partial charge in [0.1, 0.15) is 11.6 Å². The Morgan fingerprint density at radius 1 is 1.35 bits per heavy atom. The third kappa shape index (κ3) is 4.00. The molecule has 1 aromatic carbocycles. The average Bonchev–Trinajstić information content (AvgIpc) is 2.38. The fourth-order valence-electron chi connectivity index (χ4n) is 2.87. The van der Waals surface area contributed by atoms with Gasteiger partial charge in [-0.3, -0.25) is 9.69 Å². The summed E-state index contributed by atoms with van der Waals surface area (Å²) in [4.78, 5) is 12.9. The van der Waals surface area contributed by atoms with Crippen LogP contribution < -0.4 is 5.73 Å². The summed E-state index contributed by atoms with van der Waals surface area (Å²) in [6, 6.07) is 3.96. The number of likely N-dealkylation sites (tertiary alicyclic amines) is 1. The molecule has 0 radical (unpaired) electrons. The van der Waals surface area contributed by atoms with Crippen LogP contribution in [0.15, 0.2) is 18.2 Å². The lowest BCUT2D eigenvalue weighted by Gasteiger charge is -2.31. The number of halogens is 2. The number of amides is 1. The summed E-state index contributed by atoms with van der Waals surface area (Å²) in [6.45, 7) is 1.91. The van der Waals surface area contributed by atoms with Crippen LogP contribution in [0.25, 0.3) is 0 Å². The predicted molar refractivity (Wildman–Crippen MR) is 73.0 cm³/mol. The minimum absolute atomic E-state index is 0.166. The van der Waals surface area contributed by atoms with Crippen LogP contribution in [0.4, 0.5) is 8.78 Å². The van der Waals surface area contributed by atoms with Gasteiger partial charge in [0.2, 0.25) is 5.91 Å². The van der Waals surface area contributed by atoms with E-state index in [1.54, 1.807) is 0 Å². The highest BCUT2D eigenvalue weighted by Crippen LogP contribution is 2.23.